The van der Waals surface area contributed by atoms with E-state index in [4.69, 9.17) is 0 Å². The summed E-state index contributed by atoms with van der Waals surface area (Å²) in [5, 5.41) is 12.5. The van der Waals surface area contributed by atoms with Crippen molar-refractivity contribution >= 4 is 44.3 Å². The molecule has 5 rings (SSSR count). The van der Waals surface area contributed by atoms with Crippen molar-refractivity contribution in [3.63, 3.8) is 0 Å². The zero-order valence-electron chi connectivity index (χ0n) is 25.4. The molecule has 1 heterocycles. The number of nitrogens with zero attached hydrogens (tertiary/aromatic N) is 3. The first-order chi connectivity index (χ1) is 21.5. The largest absolute Gasteiger partial charge is 0.481 e. The maximum atomic E-state index is 14.4. The minimum absolute atomic E-state index is 0.0561. The smallest absolute Gasteiger partial charge is 0.416 e. The Bertz CT molecular complexity index is 1960. The number of halogens is 4. The van der Waals surface area contributed by atoms with E-state index in [0.717, 1.165) is 21.7 Å². The van der Waals surface area contributed by atoms with Gasteiger partial charge in [-0.05, 0) is 86.2 Å². The minimum Gasteiger partial charge on any atom is -0.481 e. The summed E-state index contributed by atoms with van der Waals surface area (Å²) < 4.78 is 83.5. The average molecular weight is 661 g/mol. The van der Waals surface area contributed by atoms with Gasteiger partial charge in [-0.3, -0.25) is 13.9 Å². The molecule has 2 N–H and O–H groups in total. The van der Waals surface area contributed by atoms with Crippen LogP contribution in [0.5, 0.6) is 0 Å². The second kappa shape index (κ2) is 12.0. The number of amides is 1. The lowest BCUT2D eigenvalue weighted by Gasteiger charge is -2.35. The maximum absolute atomic E-state index is 14.4. The molecule has 46 heavy (non-hydrogen) atoms. The van der Waals surface area contributed by atoms with Crippen LogP contribution >= 0.6 is 0 Å². The van der Waals surface area contributed by atoms with E-state index in [9.17, 15) is 40.7 Å². The van der Waals surface area contributed by atoms with E-state index in [0.29, 0.717) is 41.2 Å². The van der Waals surface area contributed by atoms with E-state index in [1.165, 1.54) is 19.2 Å². The van der Waals surface area contributed by atoms with Gasteiger partial charge < -0.3 is 15.0 Å². The van der Waals surface area contributed by atoms with Crippen LogP contribution in [0.4, 0.5) is 28.9 Å². The number of imidazole rings is 1. The van der Waals surface area contributed by atoms with Gasteiger partial charge in [0, 0.05) is 14.1 Å². The van der Waals surface area contributed by atoms with Crippen LogP contribution < -0.4 is 9.62 Å². The number of sulfonamides is 1. The highest BCUT2D eigenvalue weighted by atomic mass is 32.2. The number of nitrogens with one attached hydrogen (secondary N) is 1. The number of aryl methyl sites for hydroxylation is 3. The zero-order chi connectivity index (χ0) is 33.7. The van der Waals surface area contributed by atoms with Crippen molar-refractivity contribution in [2.45, 2.75) is 50.1 Å². The highest BCUT2D eigenvalue weighted by Crippen LogP contribution is 2.43. The van der Waals surface area contributed by atoms with Gasteiger partial charge in [-0.25, -0.2) is 17.8 Å². The molecule has 4 aromatic rings. The van der Waals surface area contributed by atoms with Crippen molar-refractivity contribution in [2.24, 2.45) is 18.9 Å². The fraction of sp³-hybridized carbons (Fsp3) is 0.344. The molecule has 0 aliphatic heterocycles. The molecular weight excluding hydrogens is 628 g/mol. The lowest BCUT2D eigenvalue weighted by atomic mass is 9.68. The zero-order valence-corrected chi connectivity index (χ0v) is 26.2. The Morgan fingerprint density at radius 2 is 1.76 bits per heavy atom. The number of carbonyl (C=O) groups excluding carboxylic acids is 1. The first kappa shape index (κ1) is 32.9. The van der Waals surface area contributed by atoms with Crippen LogP contribution in [0.15, 0.2) is 59.5 Å². The lowest BCUT2D eigenvalue weighted by Crippen LogP contribution is -2.40. The number of aliphatic carboxylic acids is 1. The number of rotatable bonds is 7. The molecule has 0 radical (unpaired) electrons. The molecule has 1 saturated carbocycles. The van der Waals surface area contributed by atoms with Crippen LogP contribution in [0.3, 0.4) is 0 Å². The third kappa shape index (κ3) is 6.05. The fourth-order valence-electron chi connectivity index (χ4n) is 6.24. The predicted molar refractivity (Wildman–Crippen MR) is 163 cm³/mol. The van der Waals surface area contributed by atoms with Gasteiger partial charge in [-0.15, -0.1) is 0 Å². The molecule has 0 spiro atoms. The fourth-order valence-corrected chi connectivity index (χ4v) is 7.52. The van der Waals surface area contributed by atoms with Crippen LogP contribution in [0, 0.1) is 31.5 Å². The standard InChI is InChI=1S/C32H32F4N4O5S/c1-17-14-19(8-12-27(17)40(4)46(44,45)21-10-13-28-26(16-21)37-18(2)39(28)3)22-6-5-7-23(29(22)31(42)43)30(41)38-25-11-9-20(15-24(25)33)32(34,35)36/h8-16,22-23,29H,5-7H2,1-4H3,(H,38,41)(H,42,43)/t22-,23-,29-/m1/s1. The second-order valence-corrected chi connectivity index (χ2v) is 13.5. The quantitative estimate of drug-likeness (QED) is 0.222. The van der Waals surface area contributed by atoms with Crippen LogP contribution in [0.1, 0.15) is 47.7 Å². The van der Waals surface area contributed by atoms with E-state index in [2.05, 4.69) is 10.3 Å². The van der Waals surface area contributed by atoms with E-state index >= 15 is 0 Å². The summed E-state index contributed by atoms with van der Waals surface area (Å²) in [6.07, 6.45) is -3.70. The van der Waals surface area contributed by atoms with E-state index < -0.39 is 62.9 Å². The minimum atomic E-state index is -4.77. The molecule has 0 saturated heterocycles. The van der Waals surface area contributed by atoms with Crippen LogP contribution in [0.25, 0.3) is 11.0 Å². The number of benzene rings is 3. The number of anilines is 2. The summed E-state index contributed by atoms with van der Waals surface area (Å²) in [4.78, 5) is 30.2. The predicted octanol–water partition coefficient (Wildman–Crippen LogP) is 6.40. The van der Waals surface area contributed by atoms with Gasteiger partial charge in [0.05, 0.1) is 44.7 Å². The summed E-state index contributed by atoms with van der Waals surface area (Å²) >= 11 is 0. The molecule has 0 unspecified atom stereocenters. The molecule has 1 aliphatic carbocycles. The first-order valence-electron chi connectivity index (χ1n) is 14.4. The van der Waals surface area contributed by atoms with Crippen LogP contribution in [-0.4, -0.2) is 42.0 Å². The average Bonchev–Trinajstić information content (AvgIpc) is 3.28. The monoisotopic (exact) mass is 660 g/mol. The molecule has 14 heteroatoms. The molecule has 3 aromatic carbocycles. The van der Waals surface area contributed by atoms with Crippen LogP contribution in [0.2, 0.25) is 0 Å². The highest BCUT2D eigenvalue weighted by molar-refractivity contribution is 7.92. The lowest BCUT2D eigenvalue weighted by molar-refractivity contribution is -0.148. The summed E-state index contributed by atoms with van der Waals surface area (Å²) in [5.41, 5.74) is 1.14. The number of hydrogen-bond acceptors (Lipinski definition) is 5. The third-order valence-electron chi connectivity index (χ3n) is 8.80. The van der Waals surface area contributed by atoms with Gasteiger partial charge >= 0.3 is 12.1 Å². The number of fused-ring (bicyclic) bond motifs is 1. The number of carboxylic acids is 1. The van der Waals surface area contributed by atoms with Crippen molar-refractivity contribution < 1.29 is 40.7 Å². The van der Waals surface area contributed by atoms with Crippen molar-refractivity contribution in [3.8, 4) is 0 Å². The summed E-state index contributed by atoms with van der Waals surface area (Å²) in [5.74, 6) is -5.56. The first-order valence-corrected chi connectivity index (χ1v) is 15.9. The Morgan fingerprint density at radius 3 is 2.39 bits per heavy atom. The van der Waals surface area contributed by atoms with Crippen LogP contribution in [-0.2, 0) is 32.8 Å². The topological polar surface area (TPSA) is 122 Å². The Labute approximate surface area is 262 Å². The number of alkyl halides is 3. The molecular formula is C32H32F4N4O5S. The molecule has 1 aromatic heterocycles. The summed E-state index contributed by atoms with van der Waals surface area (Å²) in [6, 6.07) is 11.3. The molecule has 9 nitrogen and oxygen atoms in total. The number of hydrogen-bond donors (Lipinski definition) is 2. The molecule has 1 fully saturated rings. The molecule has 3 atom stereocenters. The summed E-state index contributed by atoms with van der Waals surface area (Å²) in [7, 11) is -0.730. The van der Waals surface area contributed by atoms with Crippen molar-refractivity contribution in [1.82, 2.24) is 9.55 Å². The van der Waals surface area contributed by atoms with Gasteiger partial charge in [-0.1, -0.05) is 18.6 Å². The van der Waals surface area contributed by atoms with Gasteiger partial charge in [0.1, 0.15) is 11.6 Å². The Balaban J connectivity index is 1.39. The molecule has 1 aliphatic rings. The maximum Gasteiger partial charge on any atom is 0.416 e. The summed E-state index contributed by atoms with van der Waals surface area (Å²) in [6.45, 7) is 3.52. The number of carbonyl (C=O) groups is 2. The number of carboxylic acid groups (broad SMARTS) is 1. The van der Waals surface area contributed by atoms with Gasteiger partial charge in [0.25, 0.3) is 10.0 Å². The Hall–Kier alpha value is -4.46. The second-order valence-electron chi connectivity index (χ2n) is 11.6. The van der Waals surface area contributed by atoms with Gasteiger partial charge in [0.15, 0.2) is 0 Å². The molecule has 0 bridgehead atoms. The van der Waals surface area contributed by atoms with Crippen molar-refractivity contribution in [3.05, 3.63) is 82.9 Å². The normalized spacial score (nSPS) is 18.8. The van der Waals surface area contributed by atoms with E-state index in [1.807, 2.05) is 18.5 Å². The SMILES string of the molecule is Cc1cc([C@H]2CCC[C@@H](C(=O)Nc3ccc(C(F)(F)F)cc3F)[C@@H]2C(=O)O)ccc1N(C)S(=O)(=O)c1ccc2c(c1)nc(C)n2C. The number of aromatic nitrogens is 2. The highest BCUT2D eigenvalue weighted by Gasteiger charge is 2.43. The van der Waals surface area contributed by atoms with E-state index in [1.54, 1.807) is 31.2 Å². The molecule has 1 amide bonds. The van der Waals surface area contributed by atoms with Crippen molar-refractivity contribution in [2.75, 3.05) is 16.7 Å². The van der Waals surface area contributed by atoms with Gasteiger partial charge in [-0.2, -0.15) is 13.2 Å². The third-order valence-corrected chi connectivity index (χ3v) is 10.6. The van der Waals surface area contributed by atoms with E-state index in [-0.39, 0.29) is 17.4 Å². The molecule has 244 valence electrons. The van der Waals surface area contributed by atoms with Gasteiger partial charge in [0.2, 0.25) is 5.91 Å². The Kier molecular flexibility index (Phi) is 8.62. The Morgan fingerprint density at radius 1 is 1.04 bits per heavy atom. The van der Waals surface area contributed by atoms with Crippen molar-refractivity contribution in [1.29, 1.82) is 0 Å².